The lowest BCUT2D eigenvalue weighted by molar-refractivity contribution is -0.149. The fourth-order valence-corrected chi connectivity index (χ4v) is 5.41. The third-order valence-electron chi connectivity index (χ3n) is 7.93. The predicted molar refractivity (Wildman–Crippen MR) is 220 cm³/mol. The highest BCUT2D eigenvalue weighted by Gasteiger charge is 2.30. The Hall–Kier alpha value is -4.89. The van der Waals surface area contributed by atoms with Gasteiger partial charge in [0.25, 0.3) is 0 Å². The van der Waals surface area contributed by atoms with Crippen LogP contribution >= 0.6 is 34.8 Å². The lowest BCUT2D eigenvalue weighted by atomic mass is 10.1. The second-order valence-corrected chi connectivity index (χ2v) is 16.9. The van der Waals surface area contributed by atoms with Crippen molar-refractivity contribution in [3.8, 4) is 0 Å². The van der Waals surface area contributed by atoms with Crippen LogP contribution in [-0.2, 0) is 67.5 Å². The van der Waals surface area contributed by atoms with Gasteiger partial charge in [0.1, 0.15) is 31.5 Å². The highest BCUT2D eigenvalue weighted by Crippen LogP contribution is 2.26. The van der Waals surface area contributed by atoms with Gasteiger partial charge >= 0.3 is 24.0 Å². The van der Waals surface area contributed by atoms with E-state index in [0.717, 1.165) is 11.1 Å². The number of halogens is 3. The molecule has 3 aromatic rings. The van der Waals surface area contributed by atoms with Crippen LogP contribution in [0.5, 0.6) is 0 Å². The van der Waals surface area contributed by atoms with Crippen molar-refractivity contribution in [3.05, 3.63) is 108 Å². The van der Waals surface area contributed by atoms with Crippen molar-refractivity contribution in [2.45, 2.75) is 100 Å². The molecule has 0 aliphatic rings. The first-order valence-electron chi connectivity index (χ1n) is 18.8. The highest BCUT2D eigenvalue weighted by molar-refractivity contribution is 6.67. The molecule has 0 saturated carbocycles. The number of esters is 3. The number of alkyl carbamates (subject to hydrolysis) is 1. The first-order chi connectivity index (χ1) is 27.9. The van der Waals surface area contributed by atoms with Crippen molar-refractivity contribution in [2.75, 3.05) is 13.2 Å². The van der Waals surface area contributed by atoms with E-state index in [1.54, 1.807) is 75.4 Å². The maximum Gasteiger partial charge on any atom is 0.408 e. The number of hydrogen-bond donors (Lipinski definition) is 3. The molecule has 0 radical (unpaired) electrons. The van der Waals surface area contributed by atoms with Gasteiger partial charge in [-0.1, -0.05) is 126 Å². The van der Waals surface area contributed by atoms with E-state index in [1.165, 1.54) is 0 Å². The zero-order chi connectivity index (χ0) is 43.3. The molecule has 0 heterocycles. The summed E-state index contributed by atoms with van der Waals surface area (Å²) in [5, 5.41) is 7.83. The summed E-state index contributed by atoms with van der Waals surface area (Å²) in [5.41, 5.74) is 1.37. The van der Waals surface area contributed by atoms with Crippen molar-refractivity contribution >= 4 is 70.6 Å². The first-order valence-corrected chi connectivity index (χ1v) is 19.9. The third kappa shape index (κ3) is 22.2. The second kappa shape index (κ2) is 24.9. The van der Waals surface area contributed by atoms with Crippen LogP contribution in [0.4, 0.5) is 4.79 Å². The van der Waals surface area contributed by atoms with Crippen molar-refractivity contribution in [2.24, 2.45) is 0 Å². The van der Waals surface area contributed by atoms with E-state index in [-0.39, 0.29) is 52.1 Å². The molecule has 0 spiro atoms. The summed E-state index contributed by atoms with van der Waals surface area (Å²) in [6.07, 6.45) is -2.55. The Kier molecular flexibility index (Phi) is 20.5. The molecule has 0 fully saturated rings. The number of amides is 3. The molecule has 0 unspecified atom stereocenters. The van der Waals surface area contributed by atoms with Gasteiger partial charge in [-0.15, -0.1) is 0 Å². The average molecular weight is 879 g/mol. The minimum atomic E-state index is -1.86. The van der Waals surface area contributed by atoms with Gasteiger partial charge in [0, 0.05) is 18.9 Å². The molecule has 3 amide bonds. The maximum atomic E-state index is 13.6. The van der Waals surface area contributed by atoms with Gasteiger partial charge in [-0.05, 0) is 43.9 Å². The van der Waals surface area contributed by atoms with Gasteiger partial charge in [0.15, 0.2) is 0 Å². The SMILES string of the molecule is CC(C)(C)OC(=O)N[C@H](CC(=O)N[C@@H](CCC(=O)OCc1ccccc1)CC(=O)N[C@@H](COCc1ccccc1)CC(=O)OCC(Cl)(Cl)Cl)C(=O)OCc1ccccc1. The zero-order valence-electron chi connectivity index (χ0n) is 33.1. The standard InChI is InChI=1S/C42H50Cl3N3O11/c1-41(2,3)59-40(54)48-34(39(53)57-26-31-17-11-6-12-18-31)23-36(50)46-32(19-20-37(51)56-25-30-15-9-5-10-16-30)21-35(49)47-33(22-38(52)58-28-42(43,44)45)27-55-24-29-13-7-4-8-14-29/h4-18,32-34H,19-28H2,1-3H3,(H,46,50)(H,47,49)(H,48,54)/t32-,33+,34+/m0/s1. The van der Waals surface area contributed by atoms with Crippen LogP contribution in [0.15, 0.2) is 91.0 Å². The number of hydrogen-bond acceptors (Lipinski definition) is 11. The summed E-state index contributed by atoms with van der Waals surface area (Å²) < 4.78 is 25.1. The number of ether oxygens (including phenoxy) is 5. The van der Waals surface area contributed by atoms with Crippen LogP contribution in [0.3, 0.4) is 0 Å². The van der Waals surface area contributed by atoms with Crippen molar-refractivity contribution < 1.29 is 52.5 Å². The summed E-state index contributed by atoms with van der Waals surface area (Å²) in [6, 6.07) is 23.6. The van der Waals surface area contributed by atoms with E-state index in [9.17, 15) is 28.8 Å². The summed E-state index contributed by atoms with van der Waals surface area (Å²) in [4.78, 5) is 78.6. The van der Waals surface area contributed by atoms with E-state index in [4.69, 9.17) is 58.5 Å². The monoisotopic (exact) mass is 877 g/mol. The van der Waals surface area contributed by atoms with Crippen molar-refractivity contribution in [1.82, 2.24) is 16.0 Å². The normalized spacial score (nSPS) is 12.8. The Balaban J connectivity index is 1.75. The number of carbonyl (C=O) groups excluding carboxylic acids is 6. The Bertz CT molecular complexity index is 1790. The van der Waals surface area contributed by atoms with Crippen LogP contribution in [-0.4, -0.2) is 76.5 Å². The molecule has 320 valence electrons. The average Bonchev–Trinajstić information content (AvgIpc) is 3.17. The molecule has 17 heteroatoms. The van der Waals surface area contributed by atoms with Crippen molar-refractivity contribution in [3.63, 3.8) is 0 Å². The van der Waals surface area contributed by atoms with E-state index in [1.807, 2.05) is 36.4 Å². The second-order valence-electron chi connectivity index (χ2n) is 14.4. The van der Waals surface area contributed by atoms with Gasteiger partial charge in [-0.2, -0.15) is 0 Å². The van der Waals surface area contributed by atoms with Crippen molar-refractivity contribution in [1.29, 1.82) is 0 Å². The topological polar surface area (TPSA) is 185 Å². The van der Waals surface area contributed by atoms with Gasteiger partial charge < -0.3 is 39.6 Å². The first kappa shape index (κ1) is 48.5. The fraction of sp³-hybridized carbons (Fsp3) is 0.429. The molecule has 3 atom stereocenters. The van der Waals surface area contributed by atoms with Gasteiger partial charge in [0.05, 0.1) is 32.1 Å². The van der Waals surface area contributed by atoms with Gasteiger partial charge in [0.2, 0.25) is 15.6 Å². The smallest absolute Gasteiger partial charge is 0.408 e. The van der Waals surface area contributed by atoms with E-state index in [2.05, 4.69) is 16.0 Å². The molecule has 0 bridgehead atoms. The lowest BCUT2D eigenvalue weighted by Crippen LogP contribution is -2.48. The summed E-state index contributed by atoms with van der Waals surface area (Å²) in [7, 11) is 0. The molecule has 3 N–H and O–H groups in total. The summed E-state index contributed by atoms with van der Waals surface area (Å²) in [5.74, 6) is -3.66. The lowest BCUT2D eigenvalue weighted by Gasteiger charge is -2.24. The summed E-state index contributed by atoms with van der Waals surface area (Å²) >= 11 is 17.2. The molecule has 3 aromatic carbocycles. The molecular formula is C42H50Cl3N3O11. The number of nitrogens with one attached hydrogen (secondary N) is 3. The minimum absolute atomic E-state index is 0.0132. The van der Waals surface area contributed by atoms with Gasteiger partial charge in [-0.25, -0.2) is 9.59 Å². The number of rotatable bonds is 22. The molecule has 0 saturated heterocycles. The largest absolute Gasteiger partial charge is 0.461 e. The van der Waals surface area contributed by atoms with Crippen LogP contribution in [0, 0.1) is 0 Å². The van der Waals surface area contributed by atoms with Crippen LogP contribution in [0.25, 0.3) is 0 Å². The van der Waals surface area contributed by atoms with Crippen LogP contribution in [0.1, 0.15) is 69.6 Å². The maximum absolute atomic E-state index is 13.6. The van der Waals surface area contributed by atoms with Gasteiger partial charge in [-0.3, -0.25) is 19.2 Å². The van der Waals surface area contributed by atoms with E-state index in [0.29, 0.717) is 5.56 Å². The minimum Gasteiger partial charge on any atom is -0.461 e. The molecule has 14 nitrogen and oxygen atoms in total. The quantitative estimate of drug-likeness (QED) is 0.0575. The van der Waals surface area contributed by atoms with E-state index >= 15 is 0 Å². The summed E-state index contributed by atoms with van der Waals surface area (Å²) in [6.45, 7) is 4.32. The molecule has 0 aromatic heterocycles. The van der Waals surface area contributed by atoms with E-state index < -0.39 is 76.4 Å². The predicted octanol–water partition coefficient (Wildman–Crippen LogP) is 6.42. The Morgan fingerprint density at radius 3 is 1.64 bits per heavy atom. The highest BCUT2D eigenvalue weighted by atomic mass is 35.6. The Morgan fingerprint density at radius 1 is 0.593 bits per heavy atom. The number of alkyl halides is 3. The Labute approximate surface area is 358 Å². The van der Waals surface area contributed by atoms with Crippen LogP contribution in [0.2, 0.25) is 0 Å². The number of carbonyl (C=O) groups is 6. The fourth-order valence-electron chi connectivity index (χ4n) is 5.25. The van der Waals surface area contributed by atoms with Crippen LogP contribution < -0.4 is 16.0 Å². The molecule has 0 aliphatic carbocycles. The third-order valence-corrected chi connectivity index (χ3v) is 8.26. The molecular weight excluding hydrogens is 829 g/mol. The molecule has 3 rings (SSSR count). The number of benzene rings is 3. The molecule has 59 heavy (non-hydrogen) atoms. The zero-order valence-corrected chi connectivity index (χ0v) is 35.4. The Morgan fingerprint density at radius 2 is 1.10 bits per heavy atom. The molecule has 0 aliphatic heterocycles.